The van der Waals surface area contributed by atoms with Crippen LogP contribution in [0.5, 0.6) is 0 Å². The molecule has 0 aliphatic heterocycles. The van der Waals surface area contributed by atoms with E-state index < -0.39 is 0 Å². The number of nitrogens with zero attached hydrogens (tertiary/aromatic N) is 4. The fraction of sp³-hybridized carbons (Fsp3) is 0.360. The van der Waals surface area contributed by atoms with Crippen LogP contribution in [-0.2, 0) is 5.75 Å². The van der Waals surface area contributed by atoms with E-state index in [2.05, 4.69) is 26.7 Å². The SMILES string of the molecule is Cc1ccc2c(CSc3nnc(-c4cccnc4)n3C3CCCCC3C)cc(=O)oc2c1. The summed E-state index contributed by atoms with van der Waals surface area (Å²) >= 11 is 1.63. The van der Waals surface area contributed by atoms with E-state index in [4.69, 9.17) is 4.42 Å². The smallest absolute Gasteiger partial charge is 0.336 e. The van der Waals surface area contributed by atoms with Crippen LogP contribution in [-0.4, -0.2) is 19.7 Å². The lowest BCUT2D eigenvalue weighted by molar-refractivity contribution is 0.247. The quantitative estimate of drug-likeness (QED) is 0.285. The van der Waals surface area contributed by atoms with Crippen molar-refractivity contribution >= 4 is 22.7 Å². The Morgan fingerprint density at radius 3 is 2.84 bits per heavy atom. The van der Waals surface area contributed by atoms with Gasteiger partial charge in [0.25, 0.3) is 0 Å². The van der Waals surface area contributed by atoms with Gasteiger partial charge >= 0.3 is 5.63 Å². The Morgan fingerprint density at radius 1 is 1.16 bits per heavy atom. The maximum atomic E-state index is 12.2. The van der Waals surface area contributed by atoms with Gasteiger partial charge in [-0.15, -0.1) is 10.2 Å². The van der Waals surface area contributed by atoms with E-state index in [1.54, 1.807) is 24.0 Å². The maximum Gasteiger partial charge on any atom is 0.336 e. The molecule has 0 amide bonds. The van der Waals surface area contributed by atoms with E-state index in [9.17, 15) is 4.79 Å². The molecular formula is C25H26N4O2S. The topological polar surface area (TPSA) is 73.8 Å². The summed E-state index contributed by atoms with van der Waals surface area (Å²) in [6.45, 7) is 4.32. The highest BCUT2D eigenvalue weighted by Crippen LogP contribution is 2.39. The Labute approximate surface area is 191 Å². The van der Waals surface area contributed by atoms with Crippen LogP contribution in [0.25, 0.3) is 22.4 Å². The van der Waals surface area contributed by atoms with Crippen molar-refractivity contribution in [1.82, 2.24) is 19.7 Å². The molecule has 164 valence electrons. The predicted octanol–water partition coefficient (Wildman–Crippen LogP) is 5.80. The molecule has 1 saturated carbocycles. The zero-order valence-corrected chi connectivity index (χ0v) is 19.1. The van der Waals surface area contributed by atoms with Crippen molar-refractivity contribution in [3.8, 4) is 11.4 Å². The molecule has 0 radical (unpaired) electrons. The third-order valence-electron chi connectivity index (χ3n) is 6.32. The molecule has 7 heteroatoms. The zero-order valence-electron chi connectivity index (χ0n) is 18.3. The van der Waals surface area contributed by atoms with Crippen LogP contribution in [0.4, 0.5) is 0 Å². The Bertz CT molecular complexity index is 1300. The normalized spacial score (nSPS) is 18.8. The van der Waals surface area contributed by atoms with E-state index >= 15 is 0 Å². The molecule has 1 aliphatic carbocycles. The molecular weight excluding hydrogens is 420 g/mol. The summed E-state index contributed by atoms with van der Waals surface area (Å²) < 4.78 is 7.73. The van der Waals surface area contributed by atoms with Gasteiger partial charge in [0, 0.05) is 41.2 Å². The number of aryl methyl sites for hydroxylation is 1. The number of fused-ring (bicyclic) bond motifs is 1. The number of rotatable bonds is 5. The number of benzene rings is 1. The predicted molar refractivity (Wildman–Crippen MR) is 127 cm³/mol. The first-order chi connectivity index (χ1) is 15.6. The molecule has 32 heavy (non-hydrogen) atoms. The fourth-order valence-corrected chi connectivity index (χ4v) is 5.63. The van der Waals surface area contributed by atoms with Gasteiger partial charge in [-0.05, 0) is 55.0 Å². The molecule has 2 atom stereocenters. The summed E-state index contributed by atoms with van der Waals surface area (Å²) in [6.07, 6.45) is 8.45. The number of hydrogen-bond acceptors (Lipinski definition) is 6. The van der Waals surface area contributed by atoms with Crippen molar-refractivity contribution in [3.63, 3.8) is 0 Å². The van der Waals surface area contributed by atoms with Gasteiger partial charge in [-0.25, -0.2) is 4.79 Å². The van der Waals surface area contributed by atoms with E-state index in [1.807, 2.05) is 43.5 Å². The van der Waals surface area contributed by atoms with Gasteiger partial charge in [0.1, 0.15) is 5.58 Å². The summed E-state index contributed by atoms with van der Waals surface area (Å²) in [7, 11) is 0. The second kappa shape index (κ2) is 8.90. The van der Waals surface area contributed by atoms with Crippen molar-refractivity contribution in [2.75, 3.05) is 0 Å². The molecule has 1 aliphatic rings. The molecule has 3 heterocycles. The Kier molecular flexibility index (Phi) is 5.83. The van der Waals surface area contributed by atoms with Crippen LogP contribution in [0.2, 0.25) is 0 Å². The van der Waals surface area contributed by atoms with Crippen LogP contribution < -0.4 is 5.63 Å². The zero-order chi connectivity index (χ0) is 22.1. The van der Waals surface area contributed by atoms with Gasteiger partial charge in [-0.1, -0.05) is 43.7 Å². The van der Waals surface area contributed by atoms with Crippen LogP contribution in [0.15, 0.2) is 63.2 Å². The van der Waals surface area contributed by atoms with E-state index in [1.165, 1.54) is 19.3 Å². The van der Waals surface area contributed by atoms with Gasteiger partial charge in [0.05, 0.1) is 0 Å². The molecule has 1 aromatic carbocycles. The molecule has 0 N–H and O–H groups in total. The highest BCUT2D eigenvalue weighted by Gasteiger charge is 2.28. The van der Waals surface area contributed by atoms with E-state index in [0.29, 0.717) is 23.3 Å². The molecule has 4 aromatic rings. The third-order valence-corrected chi connectivity index (χ3v) is 7.32. The number of pyridine rings is 1. The van der Waals surface area contributed by atoms with Crippen molar-refractivity contribution in [2.24, 2.45) is 5.92 Å². The van der Waals surface area contributed by atoms with Crippen LogP contribution in [0, 0.1) is 12.8 Å². The fourth-order valence-electron chi connectivity index (χ4n) is 4.65. The molecule has 6 nitrogen and oxygen atoms in total. The monoisotopic (exact) mass is 446 g/mol. The lowest BCUT2D eigenvalue weighted by Crippen LogP contribution is -2.22. The van der Waals surface area contributed by atoms with Gasteiger partial charge in [-0.3, -0.25) is 9.55 Å². The standard InChI is InChI=1S/C25H26N4O2S/c1-16-9-10-20-19(13-23(30)31-22(20)12-16)15-32-25-28-27-24(18-7-5-11-26-14-18)29(25)21-8-4-3-6-17(21)2/h5,7,9-14,17,21H,3-4,6,8,15H2,1-2H3. The van der Waals surface area contributed by atoms with Crippen molar-refractivity contribution in [2.45, 2.75) is 56.5 Å². The second-order valence-electron chi connectivity index (χ2n) is 8.63. The summed E-state index contributed by atoms with van der Waals surface area (Å²) in [5.41, 5.74) is 3.31. The first kappa shape index (κ1) is 20.9. The summed E-state index contributed by atoms with van der Waals surface area (Å²) in [4.78, 5) is 16.4. The minimum Gasteiger partial charge on any atom is -0.423 e. The first-order valence-corrected chi connectivity index (χ1v) is 12.1. The largest absolute Gasteiger partial charge is 0.423 e. The van der Waals surface area contributed by atoms with Crippen LogP contribution in [0.1, 0.15) is 49.8 Å². The van der Waals surface area contributed by atoms with Crippen molar-refractivity contribution < 1.29 is 4.42 Å². The minimum absolute atomic E-state index is 0.322. The van der Waals surface area contributed by atoms with Gasteiger partial charge in [0.2, 0.25) is 0 Å². The summed E-state index contributed by atoms with van der Waals surface area (Å²) in [5.74, 6) is 2.05. The maximum absolute atomic E-state index is 12.2. The Balaban J connectivity index is 1.53. The molecule has 2 unspecified atom stereocenters. The third kappa shape index (κ3) is 4.09. The average molecular weight is 447 g/mol. The second-order valence-corrected chi connectivity index (χ2v) is 9.57. The molecule has 1 fully saturated rings. The molecule has 3 aromatic heterocycles. The number of thioether (sulfide) groups is 1. The number of aromatic nitrogens is 4. The number of hydrogen-bond donors (Lipinski definition) is 0. The highest BCUT2D eigenvalue weighted by molar-refractivity contribution is 7.98. The molecule has 0 saturated heterocycles. The van der Waals surface area contributed by atoms with Gasteiger partial charge < -0.3 is 4.42 Å². The van der Waals surface area contributed by atoms with Crippen molar-refractivity contribution in [3.05, 3.63) is 70.3 Å². The van der Waals surface area contributed by atoms with E-state index in [-0.39, 0.29) is 5.63 Å². The van der Waals surface area contributed by atoms with Crippen LogP contribution >= 0.6 is 11.8 Å². The molecule has 0 spiro atoms. The van der Waals surface area contributed by atoms with E-state index in [0.717, 1.165) is 39.5 Å². The minimum atomic E-state index is -0.322. The van der Waals surface area contributed by atoms with Gasteiger partial charge in [0.15, 0.2) is 11.0 Å². The first-order valence-electron chi connectivity index (χ1n) is 11.1. The summed E-state index contributed by atoms with van der Waals surface area (Å²) in [6, 6.07) is 11.9. The lowest BCUT2D eigenvalue weighted by atomic mass is 9.85. The van der Waals surface area contributed by atoms with Crippen molar-refractivity contribution in [1.29, 1.82) is 0 Å². The van der Waals surface area contributed by atoms with Crippen LogP contribution in [0.3, 0.4) is 0 Å². The summed E-state index contributed by atoms with van der Waals surface area (Å²) in [5, 5.41) is 11.0. The van der Waals surface area contributed by atoms with Gasteiger partial charge in [-0.2, -0.15) is 0 Å². The Morgan fingerprint density at radius 2 is 2.03 bits per heavy atom. The highest BCUT2D eigenvalue weighted by atomic mass is 32.2. The average Bonchev–Trinajstić information content (AvgIpc) is 3.21. The Hall–Kier alpha value is -2.93. The molecule has 0 bridgehead atoms. The molecule has 5 rings (SSSR count). The lowest BCUT2D eigenvalue weighted by Gasteiger charge is -2.31.